The van der Waals surface area contributed by atoms with Gasteiger partial charge < -0.3 is 10.2 Å². The Labute approximate surface area is 204 Å². The van der Waals surface area contributed by atoms with Crippen LogP contribution in [0.15, 0.2) is 41.2 Å². The van der Waals surface area contributed by atoms with Gasteiger partial charge in [-0.25, -0.2) is 0 Å². The van der Waals surface area contributed by atoms with Crippen LogP contribution in [-0.4, -0.2) is 59.9 Å². The maximum absolute atomic E-state index is 14.1. The monoisotopic (exact) mass is 513 g/mol. The predicted molar refractivity (Wildman–Crippen MR) is 132 cm³/mol. The molecule has 4 N–H and O–H groups in total. The van der Waals surface area contributed by atoms with Gasteiger partial charge in [0.2, 0.25) is 11.9 Å². The fraction of sp³-hybridized carbons (Fsp3) is 0.227. The van der Waals surface area contributed by atoms with Gasteiger partial charge in [0, 0.05) is 35.5 Å². The normalized spacial score (nSPS) is 14.6. The van der Waals surface area contributed by atoms with E-state index in [4.69, 9.17) is 0 Å². The average molecular weight is 514 g/mol. The Kier molecular flexibility index (Phi) is 5.32. The third-order valence-electron chi connectivity index (χ3n) is 5.88. The van der Waals surface area contributed by atoms with Gasteiger partial charge in [-0.2, -0.15) is 45.0 Å². The van der Waals surface area contributed by atoms with Gasteiger partial charge in [-0.05, 0) is 24.3 Å². The van der Waals surface area contributed by atoms with Crippen LogP contribution in [0.1, 0.15) is 5.56 Å². The van der Waals surface area contributed by atoms with E-state index in [-0.39, 0.29) is 34.2 Å². The largest absolute Gasteiger partial charge is 0.417 e. The minimum atomic E-state index is -4.71. The molecule has 10 nitrogen and oxygen atoms in total. The Morgan fingerprint density at radius 2 is 1.78 bits per heavy atom. The van der Waals surface area contributed by atoms with E-state index in [0.29, 0.717) is 18.9 Å². The standard InChI is InChI=1S/C22H18F3N9OS/c23-22(24,25)14-10-16-13(19(35)33-31-16)9-12(14)17-26-20(29-21(28-17)34-5-7-36-8-6-34)27-18-11-3-1-2-4-15(11)30-32-18/h1-4,9-10H,5-8H2,(H2,31,33,35)(H2,26,27,28,29,30,32). The highest BCUT2D eigenvalue weighted by Gasteiger charge is 2.36. The van der Waals surface area contributed by atoms with Crippen molar-refractivity contribution in [3.05, 3.63) is 52.3 Å². The van der Waals surface area contributed by atoms with Crippen LogP contribution in [0.3, 0.4) is 0 Å². The van der Waals surface area contributed by atoms with Crippen molar-refractivity contribution in [3.63, 3.8) is 0 Å². The molecule has 1 aliphatic rings. The van der Waals surface area contributed by atoms with Gasteiger partial charge in [-0.15, -0.1) is 0 Å². The summed E-state index contributed by atoms with van der Waals surface area (Å²) in [5.74, 6) is 2.20. The van der Waals surface area contributed by atoms with Crippen molar-refractivity contribution in [1.82, 2.24) is 35.3 Å². The molecule has 1 fully saturated rings. The van der Waals surface area contributed by atoms with Crippen molar-refractivity contribution in [1.29, 1.82) is 0 Å². The van der Waals surface area contributed by atoms with Gasteiger partial charge in [0.25, 0.3) is 5.56 Å². The topological polar surface area (TPSA) is 131 Å². The number of fused-ring (bicyclic) bond motifs is 2. The number of benzene rings is 2. The van der Waals surface area contributed by atoms with Gasteiger partial charge in [0.1, 0.15) is 0 Å². The number of thioether (sulfide) groups is 1. The Balaban J connectivity index is 1.53. The third-order valence-corrected chi connectivity index (χ3v) is 6.82. The number of aromatic amines is 3. The summed E-state index contributed by atoms with van der Waals surface area (Å²) >= 11 is 1.78. The maximum Gasteiger partial charge on any atom is 0.417 e. The molecule has 0 radical (unpaired) electrons. The highest BCUT2D eigenvalue weighted by atomic mass is 32.2. The zero-order chi connectivity index (χ0) is 24.9. The van der Waals surface area contributed by atoms with E-state index in [2.05, 4.69) is 40.7 Å². The highest BCUT2D eigenvalue weighted by molar-refractivity contribution is 7.99. The van der Waals surface area contributed by atoms with Crippen molar-refractivity contribution < 1.29 is 13.2 Å². The maximum atomic E-state index is 14.1. The lowest BCUT2D eigenvalue weighted by Gasteiger charge is -2.26. The van der Waals surface area contributed by atoms with E-state index in [0.717, 1.165) is 34.5 Å². The van der Waals surface area contributed by atoms with Gasteiger partial charge in [-0.1, -0.05) is 12.1 Å². The summed E-state index contributed by atoms with van der Waals surface area (Å²) in [6.45, 7) is 1.28. The second kappa shape index (κ2) is 8.55. The predicted octanol–water partition coefficient (Wildman–Crippen LogP) is 3.90. The lowest BCUT2D eigenvalue weighted by Crippen LogP contribution is -2.34. The summed E-state index contributed by atoms with van der Waals surface area (Å²) in [6.07, 6.45) is -4.71. The Hall–Kier alpha value is -4.07. The van der Waals surface area contributed by atoms with Gasteiger partial charge in [-0.3, -0.25) is 20.1 Å². The van der Waals surface area contributed by atoms with Crippen molar-refractivity contribution >= 4 is 51.3 Å². The summed E-state index contributed by atoms with van der Waals surface area (Å²) in [4.78, 5) is 27.3. The summed E-state index contributed by atoms with van der Waals surface area (Å²) in [5, 5.41) is 15.8. The number of halogens is 3. The molecule has 36 heavy (non-hydrogen) atoms. The van der Waals surface area contributed by atoms with Crippen LogP contribution in [0.5, 0.6) is 0 Å². The number of hydrogen-bond acceptors (Lipinski definition) is 8. The van der Waals surface area contributed by atoms with Crippen LogP contribution in [0.2, 0.25) is 0 Å². The fourth-order valence-electron chi connectivity index (χ4n) is 4.11. The van der Waals surface area contributed by atoms with Crippen molar-refractivity contribution in [3.8, 4) is 11.4 Å². The van der Waals surface area contributed by atoms with Crippen LogP contribution in [0.25, 0.3) is 33.2 Å². The molecule has 14 heteroatoms. The number of hydrogen-bond donors (Lipinski definition) is 4. The molecule has 0 saturated carbocycles. The molecular weight excluding hydrogens is 495 g/mol. The molecule has 0 amide bonds. The molecule has 0 atom stereocenters. The SMILES string of the molecule is O=c1[nH][nH]c2cc(C(F)(F)F)c(-c3nc(Nc4n[nH]c5ccccc45)nc(N4CCSCC4)n3)cc12. The molecule has 0 unspecified atom stereocenters. The first-order valence-corrected chi connectivity index (χ1v) is 12.1. The van der Waals surface area contributed by atoms with E-state index in [1.165, 1.54) is 0 Å². The van der Waals surface area contributed by atoms with E-state index in [9.17, 15) is 18.0 Å². The molecule has 2 aromatic carbocycles. The number of anilines is 3. The molecule has 1 aliphatic heterocycles. The lowest BCUT2D eigenvalue weighted by atomic mass is 10.0. The van der Waals surface area contributed by atoms with Crippen LogP contribution in [0, 0.1) is 0 Å². The number of nitrogens with one attached hydrogen (secondary N) is 4. The molecule has 0 bridgehead atoms. The van der Waals surface area contributed by atoms with Crippen LogP contribution >= 0.6 is 11.8 Å². The molecule has 6 rings (SSSR count). The molecule has 0 spiro atoms. The zero-order valence-corrected chi connectivity index (χ0v) is 19.3. The number of nitrogens with zero attached hydrogens (tertiary/aromatic N) is 5. The first kappa shape index (κ1) is 22.4. The Morgan fingerprint density at radius 1 is 0.972 bits per heavy atom. The Morgan fingerprint density at radius 3 is 2.58 bits per heavy atom. The first-order chi connectivity index (χ1) is 17.4. The highest BCUT2D eigenvalue weighted by Crippen LogP contribution is 2.38. The van der Waals surface area contributed by atoms with Crippen molar-refractivity contribution in [2.45, 2.75) is 6.18 Å². The Bertz CT molecular complexity index is 1640. The number of H-pyrrole nitrogens is 3. The summed E-state index contributed by atoms with van der Waals surface area (Å²) in [7, 11) is 0. The molecule has 5 aromatic rings. The van der Waals surface area contributed by atoms with Gasteiger partial charge in [0.15, 0.2) is 11.6 Å². The summed E-state index contributed by atoms with van der Waals surface area (Å²) in [6, 6.07) is 9.44. The lowest BCUT2D eigenvalue weighted by molar-refractivity contribution is -0.137. The number of rotatable bonds is 4. The molecular formula is C22H18F3N9OS. The third kappa shape index (κ3) is 4.02. The van der Waals surface area contributed by atoms with E-state index >= 15 is 0 Å². The molecule has 4 heterocycles. The second-order valence-electron chi connectivity index (χ2n) is 8.15. The van der Waals surface area contributed by atoms with Crippen molar-refractivity contribution in [2.24, 2.45) is 0 Å². The van der Waals surface area contributed by atoms with Gasteiger partial charge in [0.05, 0.1) is 22.0 Å². The van der Waals surface area contributed by atoms with Crippen LogP contribution in [0.4, 0.5) is 30.9 Å². The van der Waals surface area contributed by atoms with E-state index in [1.807, 2.05) is 29.2 Å². The number of aromatic nitrogens is 7. The summed E-state index contributed by atoms with van der Waals surface area (Å²) < 4.78 is 42.3. The minimum Gasteiger partial charge on any atom is -0.339 e. The van der Waals surface area contributed by atoms with Crippen LogP contribution < -0.4 is 15.8 Å². The summed E-state index contributed by atoms with van der Waals surface area (Å²) in [5.41, 5.74) is -1.000. The average Bonchev–Trinajstić information content (AvgIpc) is 3.46. The zero-order valence-electron chi connectivity index (χ0n) is 18.5. The van der Waals surface area contributed by atoms with E-state index in [1.54, 1.807) is 11.8 Å². The smallest absolute Gasteiger partial charge is 0.339 e. The molecule has 0 aliphatic carbocycles. The quantitative estimate of drug-likeness (QED) is 0.285. The molecule has 1 saturated heterocycles. The number of alkyl halides is 3. The van der Waals surface area contributed by atoms with Crippen molar-refractivity contribution in [2.75, 3.05) is 34.8 Å². The minimum absolute atomic E-state index is 0.0414. The number of para-hydroxylation sites is 1. The molecule has 184 valence electrons. The first-order valence-electron chi connectivity index (χ1n) is 11.0. The second-order valence-corrected chi connectivity index (χ2v) is 9.37. The fourth-order valence-corrected chi connectivity index (χ4v) is 5.02. The van der Waals surface area contributed by atoms with E-state index < -0.39 is 17.3 Å². The molecule has 3 aromatic heterocycles. The van der Waals surface area contributed by atoms with Crippen LogP contribution in [-0.2, 0) is 6.18 Å². The van der Waals surface area contributed by atoms with Gasteiger partial charge >= 0.3 is 6.18 Å².